The lowest BCUT2D eigenvalue weighted by Gasteiger charge is -2.45. The summed E-state index contributed by atoms with van der Waals surface area (Å²) in [5.74, 6) is 0. The van der Waals surface area contributed by atoms with Crippen molar-refractivity contribution in [2.75, 3.05) is 26.2 Å². The Bertz CT molecular complexity index is 115. The third-order valence-corrected chi connectivity index (χ3v) is 2.14. The summed E-state index contributed by atoms with van der Waals surface area (Å²) < 4.78 is 12.2. The van der Waals surface area contributed by atoms with Crippen molar-refractivity contribution in [3.63, 3.8) is 0 Å². The van der Waals surface area contributed by atoms with E-state index in [1.807, 2.05) is 0 Å². The highest BCUT2D eigenvalue weighted by Gasteiger charge is 2.34. The second kappa shape index (κ2) is 4.45. The van der Waals surface area contributed by atoms with E-state index in [9.17, 15) is 4.39 Å². The molecule has 0 radical (unpaired) electrons. The topological polar surface area (TPSA) is 15.3 Å². The molecule has 2 rings (SSSR count). The zero-order valence-corrected chi connectivity index (χ0v) is 7.76. The molecular formula is C6H13Cl2FN2. The smallest absolute Gasteiger partial charge is 0.125 e. The standard InChI is InChI=1S/C6H11FN2.2ClH/c7-5-3-9(4-5)6-1-8-2-6;;/h5-6,8H,1-4H2;2*1H. The van der Waals surface area contributed by atoms with Gasteiger partial charge in [0.05, 0.1) is 0 Å². The van der Waals surface area contributed by atoms with Crippen LogP contribution in [0.1, 0.15) is 0 Å². The maximum atomic E-state index is 12.2. The molecule has 0 unspecified atom stereocenters. The lowest BCUT2D eigenvalue weighted by molar-refractivity contribution is 0.00864. The SMILES string of the molecule is Cl.Cl.FC1CN(C2CNC2)C1. The number of likely N-dealkylation sites (tertiary alicyclic amines) is 1. The Labute approximate surface area is 78.3 Å². The number of alkyl halides is 1. The molecular weight excluding hydrogens is 190 g/mol. The van der Waals surface area contributed by atoms with Crippen LogP contribution in [0.25, 0.3) is 0 Å². The fourth-order valence-corrected chi connectivity index (χ4v) is 1.29. The van der Waals surface area contributed by atoms with Crippen LogP contribution in [0.15, 0.2) is 0 Å². The van der Waals surface area contributed by atoms with Gasteiger partial charge in [-0.2, -0.15) is 0 Å². The molecule has 5 heteroatoms. The number of nitrogens with one attached hydrogen (secondary N) is 1. The van der Waals surface area contributed by atoms with Crippen molar-refractivity contribution in [2.24, 2.45) is 0 Å². The van der Waals surface area contributed by atoms with E-state index in [0.717, 1.165) is 13.1 Å². The number of hydrogen-bond donors (Lipinski definition) is 1. The van der Waals surface area contributed by atoms with Crippen molar-refractivity contribution < 1.29 is 4.39 Å². The average Bonchev–Trinajstić information content (AvgIpc) is 1.57. The Hall–Kier alpha value is 0.430. The van der Waals surface area contributed by atoms with Crippen molar-refractivity contribution in [2.45, 2.75) is 12.2 Å². The summed E-state index contributed by atoms with van der Waals surface area (Å²) in [7, 11) is 0. The van der Waals surface area contributed by atoms with Crippen LogP contribution in [-0.4, -0.2) is 43.3 Å². The van der Waals surface area contributed by atoms with E-state index in [0.29, 0.717) is 19.1 Å². The molecule has 2 saturated heterocycles. The zero-order chi connectivity index (χ0) is 6.27. The Kier molecular flexibility index (Phi) is 4.63. The van der Waals surface area contributed by atoms with Crippen molar-refractivity contribution >= 4 is 24.8 Å². The maximum absolute atomic E-state index is 12.2. The van der Waals surface area contributed by atoms with Crippen molar-refractivity contribution in [1.29, 1.82) is 0 Å². The van der Waals surface area contributed by atoms with E-state index in [4.69, 9.17) is 0 Å². The fourth-order valence-electron chi connectivity index (χ4n) is 1.29. The first kappa shape index (κ1) is 11.4. The Morgan fingerprint density at radius 1 is 1.18 bits per heavy atom. The second-order valence-corrected chi connectivity index (χ2v) is 2.86. The summed E-state index contributed by atoms with van der Waals surface area (Å²) in [5, 5.41) is 3.16. The molecule has 11 heavy (non-hydrogen) atoms. The van der Waals surface area contributed by atoms with E-state index in [1.165, 1.54) is 0 Å². The zero-order valence-electron chi connectivity index (χ0n) is 6.12. The van der Waals surface area contributed by atoms with Crippen LogP contribution in [-0.2, 0) is 0 Å². The molecule has 0 aliphatic carbocycles. The van der Waals surface area contributed by atoms with Gasteiger partial charge < -0.3 is 5.32 Å². The fraction of sp³-hybridized carbons (Fsp3) is 1.00. The van der Waals surface area contributed by atoms with Crippen molar-refractivity contribution in [3.8, 4) is 0 Å². The van der Waals surface area contributed by atoms with Crippen LogP contribution in [0.3, 0.4) is 0 Å². The molecule has 0 aromatic heterocycles. The van der Waals surface area contributed by atoms with E-state index >= 15 is 0 Å². The lowest BCUT2D eigenvalue weighted by atomic mass is 10.0. The number of halogens is 3. The van der Waals surface area contributed by atoms with E-state index in [2.05, 4.69) is 10.2 Å². The average molecular weight is 203 g/mol. The van der Waals surface area contributed by atoms with Crippen LogP contribution in [0.2, 0.25) is 0 Å². The molecule has 2 heterocycles. The van der Waals surface area contributed by atoms with Gasteiger partial charge in [-0.05, 0) is 0 Å². The maximum Gasteiger partial charge on any atom is 0.125 e. The summed E-state index contributed by atoms with van der Waals surface area (Å²) in [4.78, 5) is 2.20. The van der Waals surface area contributed by atoms with Crippen molar-refractivity contribution in [1.82, 2.24) is 10.2 Å². The van der Waals surface area contributed by atoms with Gasteiger partial charge in [-0.25, -0.2) is 4.39 Å². The van der Waals surface area contributed by atoms with Gasteiger partial charge in [-0.15, -0.1) is 24.8 Å². The van der Waals surface area contributed by atoms with Gasteiger partial charge in [0.1, 0.15) is 6.17 Å². The Morgan fingerprint density at radius 2 is 1.73 bits per heavy atom. The highest BCUT2D eigenvalue weighted by Crippen LogP contribution is 2.16. The molecule has 2 nitrogen and oxygen atoms in total. The van der Waals surface area contributed by atoms with E-state index in [1.54, 1.807) is 0 Å². The quantitative estimate of drug-likeness (QED) is 0.665. The molecule has 0 amide bonds. The van der Waals surface area contributed by atoms with Gasteiger partial charge in [0, 0.05) is 32.2 Å². The minimum Gasteiger partial charge on any atom is -0.314 e. The van der Waals surface area contributed by atoms with Crippen LogP contribution in [0.5, 0.6) is 0 Å². The van der Waals surface area contributed by atoms with Gasteiger partial charge in [0.2, 0.25) is 0 Å². The predicted octanol–water partition coefficient (Wildman–Crippen LogP) is 0.455. The summed E-state index contributed by atoms with van der Waals surface area (Å²) in [6.07, 6.45) is -0.536. The summed E-state index contributed by atoms with van der Waals surface area (Å²) >= 11 is 0. The number of hydrogen-bond acceptors (Lipinski definition) is 2. The molecule has 0 saturated carbocycles. The summed E-state index contributed by atoms with van der Waals surface area (Å²) in [6.45, 7) is 3.47. The Morgan fingerprint density at radius 3 is 2.00 bits per heavy atom. The molecule has 0 aromatic carbocycles. The van der Waals surface area contributed by atoms with E-state index < -0.39 is 6.17 Å². The molecule has 0 spiro atoms. The normalized spacial score (nSPS) is 25.9. The number of nitrogens with zero attached hydrogens (tertiary/aromatic N) is 1. The van der Waals surface area contributed by atoms with Gasteiger partial charge in [-0.1, -0.05) is 0 Å². The van der Waals surface area contributed by atoms with Crippen LogP contribution < -0.4 is 5.32 Å². The minimum atomic E-state index is -0.536. The third-order valence-electron chi connectivity index (χ3n) is 2.14. The van der Waals surface area contributed by atoms with Gasteiger partial charge in [0.15, 0.2) is 0 Å². The van der Waals surface area contributed by atoms with Crippen LogP contribution >= 0.6 is 24.8 Å². The van der Waals surface area contributed by atoms with Crippen LogP contribution in [0.4, 0.5) is 4.39 Å². The van der Waals surface area contributed by atoms with Crippen molar-refractivity contribution in [3.05, 3.63) is 0 Å². The van der Waals surface area contributed by atoms with Crippen LogP contribution in [0, 0.1) is 0 Å². The monoisotopic (exact) mass is 202 g/mol. The molecule has 0 aromatic rings. The third kappa shape index (κ3) is 2.18. The molecule has 2 aliphatic heterocycles. The molecule has 0 bridgehead atoms. The first-order valence-corrected chi connectivity index (χ1v) is 3.45. The summed E-state index contributed by atoms with van der Waals surface area (Å²) in [5.41, 5.74) is 0. The van der Waals surface area contributed by atoms with Gasteiger partial charge in [0.25, 0.3) is 0 Å². The van der Waals surface area contributed by atoms with Gasteiger partial charge in [-0.3, -0.25) is 4.90 Å². The molecule has 0 atom stereocenters. The molecule has 2 aliphatic rings. The minimum absolute atomic E-state index is 0. The van der Waals surface area contributed by atoms with Gasteiger partial charge >= 0.3 is 0 Å². The summed E-state index contributed by atoms with van der Waals surface area (Å²) in [6, 6.07) is 0.650. The van der Waals surface area contributed by atoms with E-state index in [-0.39, 0.29) is 24.8 Å². The number of rotatable bonds is 1. The first-order valence-electron chi connectivity index (χ1n) is 3.45. The molecule has 68 valence electrons. The second-order valence-electron chi connectivity index (χ2n) is 2.86. The Balaban J connectivity index is 0.000000500. The first-order chi connectivity index (χ1) is 4.36. The highest BCUT2D eigenvalue weighted by atomic mass is 35.5. The predicted molar refractivity (Wildman–Crippen MR) is 47.6 cm³/mol. The lowest BCUT2D eigenvalue weighted by Crippen LogP contribution is -2.64. The molecule has 2 fully saturated rings. The highest BCUT2D eigenvalue weighted by molar-refractivity contribution is 5.85. The largest absolute Gasteiger partial charge is 0.314 e. The molecule has 1 N–H and O–H groups in total.